The zero-order chi connectivity index (χ0) is 12.7. The molecule has 1 aromatic rings. The minimum atomic E-state index is 0.364. The van der Waals surface area contributed by atoms with E-state index in [4.69, 9.17) is 16.2 Å². The molecule has 0 saturated carbocycles. The van der Waals surface area contributed by atoms with E-state index >= 15 is 0 Å². The summed E-state index contributed by atoms with van der Waals surface area (Å²) in [5.41, 5.74) is 11.7. The summed E-state index contributed by atoms with van der Waals surface area (Å²) in [5.74, 6) is 1.11. The maximum absolute atomic E-state index is 5.61. The number of ether oxygens (including phenoxy) is 1. The fourth-order valence-corrected chi connectivity index (χ4v) is 1.32. The van der Waals surface area contributed by atoms with Crippen molar-refractivity contribution in [3.63, 3.8) is 0 Å². The minimum absolute atomic E-state index is 0.364. The van der Waals surface area contributed by atoms with E-state index in [1.165, 1.54) is 0 Å². The first-order chi connectivity index (χ1) is 8.13. The van der Waals surface area contributed by atoms with E-state index in [1.54, 1.807) is 13.2 Å². The molecule has 0 fully saturated rings. The van der Waals surface area contributed by atoms with E-state index in [-0.39, 0.29) is 0 Å². The summed E-state index contributed by atoms with van der Waals surface area (Å²) in [6.07, 6.45) is 0. The normalized spacial score (nSPS) is 10.8. The third-order valence-electron chi connectivity index (χ3n) is 2.43. The SMILES string of the molecule is COCCN(C)CCNc1ccc(N)c(N)n1. The molecule has 96 valence electrons. The van der Waals surface area contributed by atoms with Gasteiger partial charge >= 0.3 is 0 Å². The quantitative estimate of drug-likeness (QED) is 0.631. The molecule has 0 amide bonds. The Morgan fingerprint density at radius 1 is 1.35 bits per heavy atom. The van der Waals surface area contributed by atoms with Crippen molar-refractivity contribution in [3.05, 3.63) is 12.1 Å². The molecule has 1 aromatic heterocycles. The molecule has 0 atom stereocenters. The second-order valence-electron chi connectivity index (χ2n) is 3.89. The molecule has 17 heavy (non-hydrogen) atoms. The molecule has 0 radical (unpaired) electrons. The molecule has 0 bridgehead atoms. The largest absolute Gasteiger partial charge is 0.396 e. The summed E-state index contributed by atoms with van der Waals surface area (Å²) in [6.45, 7) is 3.37. The predicted octanol–water partition coefficient (Wildman–Crippen LogP) is 0.236. The van der Waals surface area contributed by atoms with Crippen LogP contribution in [0.15, 0.2) is 12.1 Å². The first-order valence-electron chi connectivity index (χ1n) is 5.57. The molecular formula is C11H21N5O. The molecule has 6 heteroatoms. The van der Waals surface area contributed by atoms with E-state index in [0.29, 0.717) is 11.5 Å². The third-order valence-corrected chi connectivity index (χ3v) is 2.43. The van der Waals surface area contributed by atoms with E-state index in [2.05, 4.69) is 15.2 Å². The predicted molar refractivity (Wildman–Crippen MR) is 70.9 cm³/mol. The Labute approximate surface area is 102 Å². The van der Waals surface area contributed by atoms with Crippen molar-refractivity contribution in [2.75, 3.05) is 57.2 Å². The number of likely N-dealkylation sites (N-methyl/N-ethyl adjacent to an activating group) is 1. The van der Waals surface area contributed by atoms with Crippen molar-refractivity contribution in [3.8, 4) is 0 Å². The van der Waals surface area contributed by atoms with Crippen molar-refractivity contribution in [1.29, 1.82) is 0 Å². The lowest BCUT2D eigenvalue weighted by atomic mass is 10.4. The number of nitrogens with two attached hydrogens (primary N) is 2. The van der Waals surface area contributed by atoms with Gasteiger partial charge in [-0.3, -0.25) is 0 Å². The van der Waals surface area contributed by atoms with Crippen LogP contribution in [0.25, 0.3) is 0 Å². The lowest BCUT2D eigenvalue weighted by Crippen LogP contribution is -2.28. The van der Waals surface area contributed by atoms with Crippen LogP contribution in [-0.2, 0) is 4.74 Å². The van der Waals surface area contributed by atoms with Crippen LogP contribution in [0.2, 0.25) is 0 Å². The van der Waals surface area contributed by atoms with Crippen LogP contribution < -0.4 is 16.8 Å². The van der Waals surface area contributed by atoms with Crippen LogP contribution in [0, 0.1) is 0 Å². The van der Waals surface area contributed by atoms with Crippen LogP contribution in [0.1, 0.15) is 0 Å². The standard InChI is InChI=1S/C11H21N5O/c1-16(7-8-17-2)6-5-14-10-4-3-9(12)11(13)15-10/h3-4H,5-8,12H2,1-2H3,(H3,13,14,15). The second-order valence-corrected chi connectivity index (χ2v) is 3.89. The number of hydrogen-bond acceptors (Lipinski definition) is 6. The molecule has 0 unspecified atom stereocenters. The molecule has 1 heterocycles. The number of anilines is 3. The van der Waals surface area contributed by atoms with Crippen LogP contribution in [-0.4, -0.2) is 50.3 Å². The zero-order valence-electron chi connectivity index (χ0n) is 10.4. The van der Waals surface area contributed by atoms with Crippen LogP contribution in [0.3, 0.4) is 0 Å². The van der Waals surface area contributed by atoms with Gasteiger partial charge in [0.15, 0.2) is 0 Å². The van der Waals surface area contributed by atoms with Crippen molar-refractivity contribution in [2.45, 2.75) is 0 Å². The number of nitrogens with zero attached hydrogens (tertiary/aromatic N) is 2. The van der Waals surface area contributed by atoms with Gasteiger partial charge in [0.1, 0.15) is 11.6 Å². The molecule has 6 nitrogen and oxygen atoms in total. The number of aromatic nitrogens is 1. The van der Waals surface area contributed by atoms with Gasteiger partial charge in [0, 0.05) is 26.7 Å². The van der Waals surface area contributed by atoms with Crippen molar-refractivity contribution in [2.24, 2.45) is 0 Å². The summed E-state index contributed by atoms with van der Waals surface area (Å²) >= 11 is 0. The highest BCUT2D eigenvalue weighted by Crippen LogP contribution is 2.14. The third kappa shape index (κ3) is 4.88. The van der Waals surface area contributed by atoms with Crippen molar-refractivity contribution < 1.29 is 4.74 Å². The smallest absolute Gasteiger partial charge is 0.149 e. The molecule has 0 aliphatic rings. The summed E-state index contributed by atoms with van der Waals surface area (Å²) in [7, 11) is 3.75. The highest BCUT2D eigenvalue weighted by molar-refractivity contribution is 5.61. The first kappa shape index (κ1) is 13.5. The molecule has 5 N–H and O–H groups in total. The maximum Gasteiger partial charge on any atom is 0.149 e. The average molecular weight is 239 g/mol. The highest BCUT2D eigenvalue weighted by Gasteiger charge is 2.00. The summed E-state index contributed by atoms with van der Waals surface area (Å²) in [5, 5.41) is 3.19. The van der Waals surface area contributed by atoms with Gasteiger partial charge in [-0.1, -0.05) is 0 Å². The van der Waals surface area contributed by atoms with Gasteiger partial charge in [-0.15, -0.1) is 0 Å². The molecule has 0 saturated heterocycles. The Hall–Kier alpha value is -1.53. The Kier molecular flexibility index (Phi) is 5.51. The summed E-state index contributed by atoms with van der Waals surface area (Å²) < 4.78 is 5.00. The molecule has 0 aliphatic heterocycles. The van der Waals surface area contributed by atoms with E-state index in [9.17, 15) is 0 Å². The number of hydrogen-bond donors (Lipinski definition) is 3. The second kappa shape index (κ2) is 6.93. The van der Waals surface area contributed by atoms with Gasteiger partial charge in [0.2, 0.25) is 0 Å². The van der Waals surface area contributed by atoms with Crippen LogP contribution >= 0.6 is 0 Å². The lowest BCUT2D eigenvalue weighted by molar-refractivity contribution is 0.163. The Balaban J connectivity index is 2.28. The van der Waals surface area contributed by atoms with E-state index in [0.717, 1.165) is 32.1 Å². The Morgan fingerprint density at radius 3 is 2.76 bits per heavy atom. The van der Waals surface area contributed by atoms with Gasteiger partial charge in [0.05, 0.1) is 12.3 Å². The molecular weight excluding hydrogens is 218 g/mol. The number of methoxy groups -OCH3 is 1. The van der Waals surface area contributed by atoms with Gasteiger partial charge in [-0.05, 0) is 19.2 Å². The number of nitrogen functional groups attached to an aromatic ring is 2. The average Bonchev–Trinajstić information content (AvgIpc) is 2.31. The highest BCUT2D eigenvalue weighted by atomic mass is 16.5. The topological polar surface area (TPSA) is 89.4 Å². The number of pyridine rings is 1. The summed E-state index contributed by atoms with van der Waals surface area (Å²) in [6, 6.07) is 3.57. The van der Waals surface area contributed by atoms with Gasteiger partial charge < -0.3 is 26.4 Å². The van der Waals surface area contributed by atoms with Crippen LogP contribution in [0.5, 0.6) is 0 Å². The molecule has 1 rings (SSSR count). The fourth-order valence-electron chi connectivity index (χ4n) is 1.32. The van der Waals surface area contributed by atoms with Crippen molar-refractivity contribution in [1.82, 2.24) is 9.88 Å². The molecule has 0 spiro atoms. The minimum Gasteiger partial charge on any atom is -0.396 e. The van der Waals surface area contributed by atoms with Gasteiger partial charge in [-0.2, -0.15) is 0 Å². The van der Waals surface area contributed by atoms with Crippen LogP contribution in [0.4, 0.5) is 17.3 Å². The monoisotopic (exact) mass is 239 g/mol. The lowest BCUT2D eigenvalue weighted by Gasteiger charge is -2.16. The summed E-state index contributed by atoms with van der Waals surface area (Å²) in [4.78, 5) is 6.31. The van der Waals surface area contributed by atoms with Crippen molar-refractivity contribution >= 4 is 17.3 Å². The fraction of sp³-hybridized carbons (Fsp3) is 0.545. The Morgan fingerprint density at radius 2 is 2.12 bits per heavy atom. The number of rotatable bonds is 7. The number of nitrogens with one attached hydrogen (secondary N) is 1. The Bertz CT molecular complexity index is 345. The van der Waals surface area contributed by atoms with Gasteiger partial charge in [-0.25, -0.2) is 4.98 Å². The van der Waals surface area contributed by atoms with E-state index < -0.39 is 0 Å². The van der Waals surface area contributed by atoms with Gasteiger partial charge in [0.25, 0.3) is 0 Å². The molecule has 0 aliphatic carbocycles. The molecule has 0 aromatic carbocycles. The van der Waals surface area contributed by atoms with E-state index in [1.807, 2.05) is 13.1 Å². The zero-order valence-corrected chi connectivity index (χ0v) is 10.4. The first-order valence-corrected chi connectivity index (χ1v) is 5.57. The maximum atomic E-state index is 5.61.